The summed E-state index contributed by atoms with van der Waals surface area (Å²) >= 11 is 0. The minimum Gasteiger partial charge on any atom is -0.480 e. The Morgan fingerprint density at radius 1 is 1.32 bits per heavy atom. The van der Waals surface area contributed by atoms with E-state index >= 15 is 0 Å². The average Bonchev–Trinajstić information content (AvgIpc) is 2.56. The average molecular weight is 349 g/mol. The van der Waals surface area contributed by atoms with E-state index in [0.29, 0.717) is 0 Å². The van der Waals surface area contributed by atoms with Crippen molar-refractivity contribution in [3.63, 3.8) is 0 Å². The number of carbonyl (C=O) groups excluding carboxylic acids is 2. The highest BCUT2D eigenvalue weighted by Crippen LogP contribution is 2.19. The van der Waals surface area contributed by atoms with Gasteiger partial charge in [-0.05, 0) is 44.2 Å². The van der Waals surface area contributed by atoms with E-state index in [1.807, 2.05) is 0 Å². The molecule has 3 N–H and O–H groups in total. The first kappa shape index (κ1) is 18.7. The summed E-state index contributed by atoms with van der Waals surface area (Å²) < 4.78 is 0. The number of carboxylic acids is 1. The molecule has 2 amide bonds. The van der Waals surface area contributed by atoms with Crippen molar-refractivity contribution < 1.29 is 19.5 Å². The summed E-state index contributed by atoms with van der Waals surface area (Å²) in [6, 6.07) is 0.465. The van der Waals surface area contributed by atoms with Gasteiger partial charge in [-0.25, -0.2) is 4.79 Å². The van der Waals surface area contributed by atoms with E-state index in [2.05, 4.69) is 10.3 Å². The van der Waals surface area contributed by atoms with E-state index in [1.54, 1.807) is 6.07 Å². The number of aryl methyl sites for hydroxylation is 2. The lowest BCUT2D eigenvalue weighted by atomic mass is 9.95. The maximum Gasteiger partial charge on any atom is 0.326 e. The highest BCUT2D eigenvalue weighted by molar-refractivity contribution is 5.96. The highest BCUT2D eigenvalue weighted by Gasteiger charge is 2.28. The Morgan fingerprint density at radius 2 is 2.00 bits per heavy atom. The Labute approximate surface area is 145 Å². The predicted molar refractivity (Wildman–Crippen MR) is 90.5 cm³/mol. The van der Waals surface area contributed by atoms with Crippen LogP contribution < -0.4 is 10.9 Å². The van der Waals surface area contributed by atoms with Gasteiger partial charge in [0.05, 0.1) is 0 Å². The fourth-order valence-electron chi connectivity index (χ4n) is 2.95. The van der Waals surface area contributed by atoms with Gasteiger partial charge in [0, 0.05) is 25.7 Å². The molecule has 1 aromatic heterocycles. The molecule has 0 saturated heterocycles. The molecule has 1 aliphatic rings. The first-order valence-electron chi connectivity index (χ1n) is 8.34. The molecule has 0 bridgehead atoms. The fraction of sp³-hybridized carbons (Fsp3) is 0.529. The first-order valence-corrected chi connectivity index (χ1v) is 8.34. The predicted octanol–water partition coefficient (Wildman–Crippen LogP) is 0.305. The molecule has 25 heavy (non-hydrogen) atoms. The summed E-state index contributed by atoms with van der Waals surface area (Å²) in [5.74, 6) is -2.09. The molecular formula is C17H23N3O5. The number of aromatic amines is 1. The molecule has 0 saturated carbocycles. The van der Waals surface area contributed by atoms with Crippen LogP contribution in [-0.4, -0.2) is 51.9 Å². The van der Waals surface area contributed by atoms with E-state index in [-0.39, 0.29) is 24.6 Å². The number of hydrogen-bond donors (Lipinski definition) is 3. The Balaban J connectivity index is 2.30. The Hall–Kier alpha value is -2.64. The van der Waals surface area contributed by atoms with Crippen molar-refractivity contribution in [1.29, 1.82) is 0 Å². The van der Waals surface area contributed by atoms with E-state index < -0.39 is 23.5 Å². The molecule has 8 nitrogen and oxygen atoms in total. The maximum absolute atomic E-state index is 12.8. The zero-order valence-electron chi connectivity index (χ0n) is 14.4. The largest absolute Gasteiger partial charge is 0.480 e. The Morgan fingerprint density at radius 3 is 2.64 bits per heavy atom. The number of carbonyl (C=O) groups is 3. The Kier molecular flexibility index (Phi) is 5.95. The molecule has 1 aromatic rings. The van der Waals surface area contributed by atoms with Crippen LogP contribution >= 0.6 is 0 Å². The number of carboxylic acid groups (broad SMARTS) is 1. The molecule has 136 valence electrons. The third kappa shape index (κ3) is 4.46. The SMILES string of the molecule is CC(=O)NCCN(C(=O)c1cc2c([nH]c1=O)CCCC2)C(C)C(=O)O. The lowest BCUT2D eigenvalue weighted by Gasteiger charge is -2.27. The van der Waals surface area contributed by atoms with Gasteiger partial charge in [0.2, 0.25) is 5.91 Å². The second kappa shape index (κ2) is 7.96. The molecule has 0 aromatic carbocycles. The molecular weight excluding hydrogens is 326 g/mol. The number of rotatable bonds is 6. The fourth-order valence-corrected chi connectivity index (χ4v) is 2.95. The number of nitrogens with one attached hydrogen (secondary N) is 2. The summed E-state index contributed by atoms with van der Waals surface area (Å²) in [6.45, 7) is 2.82. The summed E-state index contributed by atoms with van der Waals surface area (Å²) in [7, 11) is 0. The quantitative estimate of drug-likeness (QED) is 0.682. The van der Waals surface area contributed by atoms with Crippen molar-refractivity contribution in [2.45, 2.75) is 45.6 Å². The molecule has 1 aliphatic carbocycles. The zero-order chi connectivity index (χ0) is 18.6. The number of aliphatic carboxylic acids is 1. The van der Waals surface area contributed by atoms with Crippen LogP contribution in [0.3, 0.4) is 0 Å². The van der Waals surface area contributed by atoms with Gasteiger partial charge in [0.25, 0.3) is 11.5 Å². The van der Waals surface area contributed by atoms with Crippen LogP contribution in [0.4, 0.5) is 0 Å². The Bertz CT molecular complexity index is 740. The number of nitrogens with zero attached hydrogens (tertiary/aromatic N) is 1. The van der Waals surface area contributed by atoms with Gasteiger partial charge < -0.3 is 20.3 Å². The normalized spacial score (nSPS) is 14.3. The van der Waals surface area contributed by atoms with Crippen molar-refractivity contribution >= 4 is 17.8 Å². The monoisotopic (exact) mass is 349 g/mol. The van der Waals surface area contributed by atoms with Gasteiger partial charge in [0.15, 0.2) is 0 Å². The standard InChI is InChI=1S/C17H23N3O5/c1-10(17(24)25)20(8-7-18-11(2)21)16(23)13-9-12-5-3-4-6-14(12)19-15(13)22/h9-10H,3-8H2,1-2H3,(H,18,21)(H,19,22)(H,24,25). The number of H-pyrrole nitrogens is 1. The van der Waals surface area contributed by atoms with E-state index in [4.69, 9.17) is 0 Å². The molecule has 1 unspecified atom stereocenters. The minimum absolute atomic E-state index is 0.00239. The van der Waals surface area contributed by atoms with Gasteiger partial charge in [-0.3, -0.25) is 14.4 Å². The highest BCUT2D eigenvalue weighted by atomic mass is 16.4. The molecule has 0 radical (unpaired) electrons. The van der Waals surface area contributed by atoms with Crippen LogP contribution in [0.1, 0.15) is 48.3 Å². The molecule has 0 aliphatic heterocycles. The lowest BCUT2D eigenvalue weighted by Crippen LogP contribution is -2.48. The third-order valence-corrected chi connectivity index (χ3v) is 4.38. The first-order chi connectivity index (χ1) is 11.8. The summed E-state index contributed by atoms with van der Waals surface area (Å²) in [6.07, 6.45) is 3.54. The van der Waals surface area contributed by atoms with Crippen LogP contribution in [0.15, 0.2) is 10.9 Å². The maximum atomic E-state index is 12.8. The van der Waals surface area contributed by atoms with Gasteiger partial charge >= 0.3 is 5.97 Å². The van der Waals surface area contributed by atoms with Gasteiger partial charge in [-0.1, -0.05) is 0 Å². The number of fused-ring (bicyclic) bond motifs is 1. The van der Waals surface area contributed by atoms with Crippen LogP contribution in [0.5, 0.6) is 0 Å². The molecule has 0 spiro atoms. The second-order valence-corrected chi connectivity index (χ2v) is 6.22. The van der Waals surface area contributed by atoms with Crippen molar-refractivity contribution in [3.05, 3.63) is 33.2 Å². The van der Waals surface area contributed by atoms with Crippen LogP contribution in [0.25, 0.3) is 0 Å². The number of pyridine rings is 1. The van der Waals surface area contributed by atoms with Gasteiger partial charge in [0.1, 0.15) is 11.6 Å². The molecule has 1 atom stereocenters. The number of amides is 2. The van der Waals surface area contributed by atoms with Crippen molar-refractivity contribution in [1.82, 2.24) is 15.2 Å². The molecule has 2 rings (SSSR count). The summed E-state index contributed by atoms with van der Waals surface area (Å²) in [5.41, 5.74) is 1.22. The molecule has 0 fully saturated rings. The van der Waals surface area contributed by atoms with Crippen LogP contribution in [0.2, 0.25) is 0 Å². The third-order valence-electron chi connectivity index (χ3n) is 4.38. The number of aromatic nitrogens is 1. The second-order valence-electron chi connectivity index (χ2n) is 6.22. The van der Waals surface area contributed by atoms with Crippen molar-refractivity contribution in [3.8, 4) is 0 Å². The van der Waals surface area contributed by atoms with Gasteiger partial charge in [-0.2, -0.15) is 0 Å². The minimum atomic E-state index is -1.18. The summed E-state index contributed by atoms with van der Waals surface area (Å²) in [4.78, 5) is 51.3. The number of hydrogen-bond acceptors (Lipinski definition) is 4. The smallest absolute Gasteiger partial charge is 0.326 e. The van der Waals surface area contributed by atoms with Crippen LogP contribution in [0, 0.1) is 0 Å². The van der Waals surface area contributed by atoms with Crippen LogP contribution in [-0.2, 0) is 22.4 Å². The van der Waals surface area contributed by atoms with E-state index in [9.17, 15) is 24.3 Å². The zero-order valence-corrected chi connectivity index (χ0v) is 14.4. The topological polar surface area (TPSA) is 120 Å². The van der Waals surface area contributed by atoms with E-state index in [1.165, 1.54) is 13.8 Å². The molecule has 1 heterocycles. The van der Waals surface area contributed by atoms with Gasteiger partial charge in [-0.15, -0.1) is 0 Å². The van der Waals surface area contributed by atoms with E-state index in [0.717, 1.165) is 41.8 Å². The lowest BCUT2D eigenvalue weighted by molar-refractivity contribution is -0.141. The summed E-state index contributed by atoms with van der Waals surface area (Å²) in [5, 5.41) is 11.8. The molecule has 8 heteroatoms. The van der Waals surface area contributed by atoms with Crippen molar-refractivity contribution in [2.75, 3.05) is 13.1 Å². The van der Waals surface area contributed by atoms with Crippen molar-refractivity contribution in [2.24, 2.45) is 0 Å².